The van der Waals surface area contributed by atoms with E-state index in [1.807, 2.05) is 43.3 Å². The van der Waals surface area contributed by atoms with Gasteiger partial charge in [0.2, 0.25) is 5.91 Å². The summed E-state index contributed by atoms with van der Waals surface area (Å²) in [6.07, 6.45) is 6.98. The van der Waals surface area contributed by atoms with Crippen molar-refractivity contribution in [1.29, 1.82) is 0 Å². The van der Waals surface area contributed by atoms with Crippen LogP contribution in [0, 0.1) is 0 Å². The lowest BCUT2D eigenvalue weighted by atomic mass is 10.1. The zero-order valence-corrected chi connectivity index (χ0v) is 14.6. The monoisotopic (exact) mass is 348 g/mol. The van der Waals surface area contributed by atoms with E-state index in [2.05, 4.69) is 20.3 Å². The van der Waals surface area contributed by atoms with Crippen LogP contribution in [0.2, 0.25) is 0 Å². The van der Waals surface area contributed by atoms with Crippen LogP contribution in [0.5, 0.6) is 5.75 Å². The highest BCUT2D eigenvalue weighted by Crippen LogP contribution is 2.18. The van der Waals surface area contributed by atoms with E-state index >= 15 is 0 Å². The number of hydrogen-bond donors (Lipinski definition) is 1. The van der Waals surface area contributed by atoms with Gasteiger partial charge in [-0.1, -0.05) is 12.1 Å². The number of amides is 1. The van der Waals surface area contributed by atoms with Gasteiger partial charge in [-0.3, -0.25) is 19.7 Å². The fourth-order valence-corrected chi connectivity index (χ4v) is 2.55. The SMILES string of the molecule is CCOc1ccc(CC(=O)NCc2nccnc2-c2ccncc2)cc1. The van der Waals surface area contributed by atoms with Gasteiger partial charge < -0.3 is 10.1 Å². The molecule has 0 aliphatic carbocycles. The smallest absolute Gasteiger partial charge is 0.224 e. The number of nitrogens with one attached hydrogen (secondary N) is 1. The second-order valence-corrected chi connectivity index (χ2v) is 5.62. The van der Waals surface area contributed by atoms with Crippen molar-refractivity contribution in [3.8, 4) is 17.0 Å². The highest BCUT2D eigenvalue weighted by molar-refractivity contribution is 5.78. The van der Waals surface area contributed by atoms with Crippen molar-refractivity contribution in [3.05, 3.63) is 72.4 Å². The number of carbonyl (C=O) groups excluding carboxylic acids is 1. The zero-order valence-electron chi connectivity index (χ0n) is 14.6. The zero-order chi connectivity index (χ0) is 18.2. The second kappa shape index (κ2) is 8.71. The number of carbonyl (C=O) groups is 1. The Kier molecular flexibility index (Phi) is 5.88. The Morgan fingerprint density at radius 3 is 2.46 bits per heavy atom. The molecule has 0 spiro atoms. The lowest BCUT2D eigenvalue weighted by Crippen LogP contribution is -2.25. The number of ether oxygens (including phenoxy) is 1. The molecule has 6 heteroatoms. The summed E-state index contributed by atoms with van der Waals surface area (Å²) in [5.74, 6) is 0.735. The molecule has 1 amide bonds. The summed E-state index contributed by atoms with van der Waals surface area (Å²) in [4.78, 5) is 25.0. The third-order valence-corrected chi connectivity index (χ3v) is 3.78. The fraction of sp³-hybridized carbons (Fsp3) is 0.200. The van der Waals surface area contributed by atoms with Gasteiger partial charge in [-0.15, -0.1) is 0 Å². The summed E-state index contributed by atoms with van der Waals surface area (Å²) in [6.45, 7) is 2.88. The van der Waals surface area contributed by atoms with E-state index in [1.54, 1.807) is 24.8 Å². The number of benzene rings is 1. The summed E-state index contributed by atoms with van der Waals surface area (Å²) in [6, 6.07) is 11.3. The van der Waals surface area contributed by atoms with Gasteiger partial charge in [-0.2, -0.15) is 0 Å². The number of hydrogen-bond acceptors (Lipinski definition) is 5. The van der Waals surface area contributed by atoms with Crippen molar-refractivity contribution in [2.45, 2.75) is 19.9 Å². The average molecular weight is 348 g/mol. The second-order valence-electron chi connectivity index (χ2n) is 5.62. The molecule has 0 aliphatic rings. The summed E-state index contributed by atoms with van der Waals surface area (Å²) in [7, 11) is 0. The molecule has 0 aliphatic heterocycles. The molecular formula is C20H20N4O2. The minimum atomic E-state index is -0.0690. The van der Waals surface area contributed by atoms with Gasteiger partial charge in [0.15, 0.2) is 0 Å². The largest absolute Gasteiger partial charge is 0.494 e. The van der Waals surface area contributed by atoms with Gasteiger partial charge in [0, 0.05) is 30.4 Å². The summed E-state index contributed by atoms with van der Waals surface area (Å²) in [5.41, 5.74) is 3.32. The van der Waals surface area contributed by atoms with Gasteiger partial charge in [0.05, 0.1) is 31.0 Å². The van der Waals surface area contributed by atoms with E-state index in [4.69, 9.17) is 4.74 Å². The van der Waals surface area contributed by atoms with E-state index in [-0.39, 0.29) is 5.91 Å². The van der Waals surface area contributed by atoms with Gasteiger partial charge in [0.25, 0.3) is 0 Å². The summed E-state index contributed by atoms with van der Waals surface area (Å²) >= 11 is 0. The van der Waals surface area contributed by atoms with E-state index in [1.165, 1.54) is 0 Å². The van der Waals surface area contributed by atoms with Crippen molar-refractivity contribution in [3.63, 3.8) is 0 Å². The number of pyridine rings is 1. The van der Waals surface area contributed by atoms with Crippen LogP contribution in [0.1, 0.15) is 18.2 Å². The third-order valence-electron chi connectivity index (χ3n) is 3.78. The first-order valence-electron chi connectivity index (χ1n) is 8.45. The van der Waals surface area contributed by atoms with Crippen LogP contribution < -0.4 is 10.1 Å². The molecule has 1 aromatic carbocycles. The lowest BCUT2D eigenvalue weighted by molar-refractivity contribution is -0.120. The fourth-order valence-electron chi connectivity index (χ4n) is 2.55. The summed E-state index contributed by atoms with van der Waals surface area (Å²) in [5, 5.41) is 2.91. The molecule has 3 rings (SSSR count). The number of nitrogens with zero attached hydrogens (tertiary/aromatic N) is 3. The van der Waals surface area contributed by atoms with E-state index < -0.39 is 0 Å². The molecule has 0 saturated carbocycles. The van der Waals surface area contributed by atoms with E-state index in [9.17, 15) is 4.79 Å². The van der Waals surface area contributed by atoms with Gasteiger partial charge >= 0.3 is 0 Å². The van der Waals surface area contributed by atoms with Crippen molar-refractivity contribution in [2.75, 3.05) is 6.61 Å². The number of rotatable bonds is 7. The number of aromatic nitrogens is 3. The molecular weight excluding hydrogens is 328 g/mol. The first-order valence-corrected chi connectivity index (χ1v) is 8.45. The van der Waals surface area contributed by atoms with Crippen molar-refractivity contribution in [2.24, 2.45) is 0 Å². The lowest BCUT2D eigenvalue weighted by Gasteiger charge is -2.09. The van der Waals surface area contributed by atoms with Crippen LogP contribution in [0.4, 0.5) is 0 Å². The molecule has 0 unspecified atom stereocenters. The Morgan fingerprint density at radius 2 is 1.73 bits per heavy atom. The molecule has 26 heavy (non-hydrogen) atoms. The molecule has 1 N–H and O–H groups in total. The molecule has 3 aromatic rings. The van der Waals surface area contributed by atoms with Gasteiger partial charge in [-0.05, 0) is 36.8 Å². The average Bonchev–Trinajstić information content (AvgIpc) is 2.69. The Hall–Kier alpha value is -3.28. The first-order chi connectivity index (χ1) is 12.8. The van der Waals surface area contributed by atoms with Crippen LogP contribution in [0.3, 0.4) is 0 Å². The normalized spacial score (nSPS) is 10.3. The van der Waals surface area contributed by atoms with Crippen LogP contribution in [0.25, 0.3) is 11.3 Å². The molecule has 132 valence electrons. The predicted molar refractivity (Wildman–Crippen MR) is 98.4 cm³/mol. The van der Waals surface area contributed by atoms with Gasteiger partial charge in [0.1, 0.15) is 5.75 Å². The molecule has 0 saturated heterocycles. The Balaban J connectivity index is 1.61. The van der Waals surface area contributed by atoms with Crippen molar-refractivity contribution >= 4 is 5.91 Å². The first kappa shape index (κ1) is 17.5. The van der Waals surface area contributed by atoms with Crippen LogP contribution in [-0.2, 0) is 17.8 Å². The summed E-state index contributed by atoms with van der Waals surface area (Å²) < 4.78 is 5.41. The molecule has 0 radical (unpaired) electrons. The molecule has 6 nitrogen and oxygen atoms in total. The van der Waals surface area contributed by atoms with E-state index in [0.717, 1.165) is 28.3 Å². The molecule has 0 atom stereocenters. The topological polar surface area (TPSA) is 77.0 Å². The van der Waals surface area contributed by atoms with Crippen molar-refractivity contribution in [1.82, 2.24) is 20.3 Å². The standard InChI is InChI=1S/C20H20N4O2/c1-2-26-17-5-3-15(4-6-17)13-19(25)24-14-18-20(23-12-11-22-18)16-7-9-21-10-8-16/h3-12H,2,13-14H2,1H3,(H,24,25). The molecule has 2 heterocycles. The van der Waals surface area contributed by atoms with Crippen molar-refractivity contribution < 1.29 is 9.53 Å². The minimum Gasteiger partial charge on any atom is -0.494 e. The maximum Gasteiger partial charge on any atom is 0.224 e. The minimum absolute atomic E-state index is 0.0690. The van der Waals surface area contributed by atoms with Crippen LogP contribution >= 0.6 is 0 Å². The Labute approximate surface area is 152 Å². The Bertz CT molecular complexity index is 851. The Morgan fingerprint density at radius 1 is 1.00 bits per heavy atom. The highest BCUT2D eigenvalue weighted by Gasteiger charge is 2.10. The third kappa shape index (κ3) is 4.63. The highest BCUT2D eigenvalue weighted by atomic mass is 16.5. The predicted octanol–water partition coefficient (Wildman–Crippen LogP) is 2.80. The van der Waals surface area contributed by atoms with Gasteiger partial charge in [-0.25, -0.2) is 0 Å². The molecule has 0 bridgehead atoms. The maximum atomic E-state index is 12.2. The maximum absolute atomic E-state index is 12.2. The quantitative estimate of drug-likeness (QED) is 0.710. The molecule has 2 aromatic heterocycles. The van der Waals surface area contributed by atoms with E-state index in [0.29, 0.717) is 19.6 Å². The molecule has 0 fully saturated rings. The van der Waals surface area contributed by atoms with Crippen LogP contribution in [-0.4, -0.2) is 27.5 Å². The van der Waals surface area contributed by atoms with Crippen LogP contribution in [0.15, 0.2) is 61.2 Å².